The van der Waals surface area contributed by atoms with E-state index in [1.165, 1.54) is 12.1 Å². The van der Waals surface area contributed by atoms with Crippen molar-refractivity contribution in [3.8, 4) is 0 Å². The fourth-order valence-electron chi connectivity index (χ4n) is 2.59. The molecule has 0 saturated heterocycles. The highest BCUT2D eigenvalue weighted by Crippen LogP contribution is 2.26. The van der Waals surface area contributed by atoms with Crippen molar-refractivity contribution < 1.29 is 17.9 Å². The molecule has 0 heterocycles. The molecule has 4 nitrogen and oxygen atoms in total. The molecule has 1 aliphatic rings. The zero-order valence-corrected chi connectivity index (χ0v) is 13.1. The van der Waals surface area contributed by atoms with E-state index < -0.39 is 21.9 Å². The van der Waals surface area contributed by atoms with Gasteiger partial charge in [0.1, 0.15) is 5.82 Å². The predicted molar refractivity (Wildman–Crippen MR) is 80.1 cm³/mol. The summed E-state index contributed by atoms with van der Waals surface area (Å²) in [6, 6.07) is 3.92. The molecule has 0 aliphatic heterocycles. The molecule has 118 valence electrons. The molecule has 0 amide bonds. The van der Waals surface area contributed by atoms with Crippen molar-refractivity contribution in [3.63, 3.8) is 0 Å². The Morgan fingerprint density at radius 1 is 1.38 bits per heavy atom. The van der Waals surface area contributed by atoms with Gasteiger partial charge in [0.15, 0.2) is 0 Å². The first-order valence-electron chi connectivity index (χ1n) is 6.98. The van der Waals surface area contributed by atoms with Gasteiger partial charge in [-0.3, -0.25) is 0 Å². The minimum absolute atomic E-state index is 0.0345. The molecule has 1 aliphatic carbocycles. The van der Waals surface area contributed by atoms with Crippen molar-refractivity contribution in [2.75, 3.05) is 12.3 Å². The topological polar surface area (TPSA) is 66.4 Å². The second-order valence-electron chi connectivity index (χ2n) is 5.47. The van der Waals surface area contributed by atoms with Crippen LogP contribution in [0.5, 0.6) is 0 Å². The van der Waals surface area contributed by atoms with E-state index in [9.17, 15) is 17.9 Å². The normalized spacial score (nSPS) is 18.0. The van der Waals surface area contributed by atoms with Crippen LogP contribution >= 0.6 is 11.6 Å². The van der Waals surface area contributed by atoms with E-state index in [1.807, 2.05) is 0 Å². The SMILES string of the molecule is O=S(=O)(CC1CCCC1)NCC(O)c1ccc(Cl)c(F)c1. The monoisotopic (exact) mass is 335 g/mol. The van der Waals surface area contributed by atoms with Crippen LogP contribution in [0.15, 0.2) is 18.2 Å². The number of hydrogen-bond acceptors (Lipinski definition) is 3. The maximum Gasteiger partial charge on any atom is 0.211 e. The fourth-order valence-corrected chi connectivity index (χ4v) is 4.19. The Kier molecular flexibility index (Phi) is 5.60. The summed E-state index contributed by atoms with van der Waals surface area (Å²) in [4.78, 5) is 0. The molecule has 1 aromatic carbocycles. The minimum Gasteiger partial charge on any atom is -0.387 e. The van der Waals surface area contributed by atoms with E-state index in [0.29, 0.717) is 5.56 Å². The quantitative estimate of drug-likeness (QED) is 0.839. The van der Waals surface area contributed by atoms with Crippen molar-refractivity contribution in [2.45, 2.75) is 31.8 Å². The van der Waals surface area contributed by atoms with Crippen LogP contribution in [0.4, 0.5) is 4.39 Å². The number of aliphatic hydroxyl groups is 1. The maximum atomic E-state index is 13.3. The van der Waals surface area contributed by atoms with E-state index in [-0.39, 0.29) is 23.2 Å². The van der Waals surface area contributed by atoms with E-state index in [0.717, 1.165) is 31.7 Å². The van der Waals surface area contributed by atoms with Gasteiger partial charge >= 0.3 is 0 Å². The lowest BCUT2D eigenvalue weighted by atomic mass is 10.1. The Labute approximate surface area is 129 Å². The Balaban J connectivity index is 1.90. The average Bonchev–Trinajstić information content (AvgIpc) is 2.91. The maximum absolute atomic E-state index is 13.3. The van der Waals surface area contributed by atoms with Crippen LogP contribution in [0.1, 0.15) is 37.4 Å². The number of halogens is 2. The van der Waals surface area contributed by atoms with E-state index >= 15 is 0 Å². The molecule has 2 N–H and O–H groups in total. The summed E-state index contributed by atoms with van der Waals surface area (Å²) in [6.45, 7) is -0.171. The van der Waals surface area contributed by atoms with Crippen LogP contribution in [-0.4, -0.2) is 25.8 Å². The van der Waals surface area contributed by atoms with Crippen LogP contribution in [0, 0.1) is 11.7 Å². The van der Waals surface area contributed by atoms with Crippen molar-refractivity contribution in [3.05, 3.63) is 34.6 Å². The second kappa shape index (κ2) is 7.05. The predicted octanol–water partition coefficient (Wildman–Crippen LogP) is 2.62. The van der Waals surface area contributed by atoms with Gasteiger partial charge in [0.05, 0.1) is 16.9 Å². The van der Waals surface area contributed by atoms with Crippen molar-refractivity contribution in [1.82, 2.24) is 4.72 Å². The Bertz CT molecular complexity index is 588. The third-order valence-electron chi connectivity index (χ3n) is 3.75. The van der Waals surface area contributed by atoms with E-state index in [4.69, 9.17) is 11.6 Å². The fraction of sp³-hybridized carbons (Fsp3) is 0.571. The summed E-state index contributed by atoms with van der Waals surface area (Å²) in [5, 5.41) is 9.89. The number of hydrogen-bond donors (Lipinski definition) is 2. The van der Waals surface area contributed by atoms with Crippen LogP contribution in [0.25, 0.3) is 0 Å². The molecule has 2 rings (SSSR count). The average molecular weight is 336 g/mol. The zero-order valence-electron chi connectivity index (χ0n) is 11.6. The summed E-state index contributed by atoms with van der Waals surface area (Å²) < 4.78 is 39.5. The van der Waals surface area contributed by atoms with Gasteiger partial charge in [0.25, 0.3) is 0 Å². The zero-order chi connectivity index (χ0) is 15.5. The first kappa shape index (κ1) is 16.7. The largest absolute Gasteiger partial charge is 0.387 e. The van der Waals surface area contributed by atoms with E-state index in [2.05, 4.69) is 4.72 Å². The molecular weight excluding hydrogens is 317 g/mol. The van der Waals surface area contributed by atoms with Crippen LogP contribution < -0.4 is 4.72 Å². The van der Waals surface area contributed by atoms with Gasteiger partial charge in [0, 0.05) is 6.54 Å². The summed E-state index contributed by atoms with van der Waals surface area (Å²) in [6.07, 6.45) is 2.92. The molecule has 0 aromatic heterocycles. The van der Waals surface area contributed by atoms with Gasteiger partial charge in [0.2, 0.25) is 10.0 Å². The lowest BCUT2D eigenvalue weighted by Crippen LogP contribution is -2.32. The Morgan fingerprint density at radius 3 is 2.67 bits per heavy atom. The summed E-state index contributed by atoms with van der Waals surface area (Å²) in [5.74, 6) is -0.344. The number of benzene rings is 1. The summed E-state index contributed by atoms with van der Waals surface area (Å²) >= 11 is 5.56. The highest BCUT2D eigenvalue weighted by atomic mass is 35.5. The molecule has 0 radical (unpaired) electrons. The standard InChI is InChI=1S/C14H19ClFNO3S/c15-12-6-5-11(7-13(12)16)14(18)8-17-21(19,20)9-10-3-1-2-4-10/h5-7,10,14,17-18H,1-4,8-9H2. The first-order chi connectivity index (χ1) is 9.87. The van der Waals surface area contributed by atoms with E-state index in [1.54, 1.807) is 0 Å². The third kappa shape index (κ3) is 4.92. The lowest BCUT2D eigenvalue weighted by molar-refractivity contribution is 0.181. The van der Waals surface area contributed by atoms with Crippen molar-refractivity contribution >= 4 is 21.6 Å². The first-order valence-corrected chi connectivity index (χ1v) is 9.01. The molecule has 1 saturated carbocycles. The molecule has 1 aromatic rings. The van der Waals surface area contributed by atoms with Crippen LogP contribution in [0.3, 0.4) is 0 Å². The van der Waals surface area contributed by atoms with Crippen molar-refractivity contribution in [2.24, 2.45) is 5.92 Å². The number of nitrogens with one attached hydrogen (secondary N) is 1. The summed E-state index contributed by atoms with van der Waals surface area (Å²) in [5.41, 5.74) is 0.292. The highest BCUT2D eigenvalue weighted by molar-refractivity contribution is 7.89. The number of rotatable bonds is 6. The molecular formula is C14H19ClFNO3S. The smallest absolute Gasteiger partial charge is 0.211 e. The highest BCUT2D eigenvalue weighted by Gasteiger charge is 2.23. The molecule has 1 fully saturated rings. The Hall–Kier alpha value is -0.690. The molecule has 1 atom stereocenters. The number of sulfonamides is 1. The Morgan fingerprint density at radius 2 is 2.05 bits per heavy atom. The third-order valence-corrected chi connectivity index (χ3v) is 5.58. The van der Waals surface area contributed by atoms with Crippen LogP contribution in [-0.2, 0) is 10.0 Å². The molecule has 0 spiro atoms. The second-order valence-corrected chi connectivity index (χ2v) is 7.73. The number of aliphatic hydroxyl groups excluding tert-OH is 1. The van der Waals surface area contributed by atoms with Gasteiger partial charge in [-0.1, -0.05) is 30.5 Å². The van der Waals surface area contributed by atoms with Gasteiger partial charge in [-0.15, -0.1) is 0 Å². The minimum atomic E-state index is -3.42. The van der Waals surface area contributed by atoms with Gasteiger partial charge in [-0.2, -0.15) is 0 Å². The molecule has 0 bridgehead atoms. The molecule has 1 unspecified atom stereocenters. The lowest BCUT2D eigenvalue weighted by Gasteiger charge is -2.15. The van der Waals surface area contributed by atoms with Crippen LogP contribution in [0.2, 0.25) is 5.02 Å². The van der Waals surface area contributed by atoms with Gasteiger partial charge in [-0.25, -0.2) is 17.5 Å². The van der Waals surface area contributed by atoms with Gasteiger partial charge < -0.3 is 5.11 Å². The molecule has 7 heteroatoms. The van der Waals surface area contributed by atoms with Gasteiger partial charge in [-0.05, 0) is 36.5 Å². The summed E-state index contributed by atoms with van der Waals surface area (Å²) in [7, 11) is -3.42. The molecule has 21 heavy (non-hydrogen) atoms. The van der Waals surface area contributed by atoms with Crippen molar-refractivity contribution in [1.29, 1.82) is 0 Å².